The molecule has 5 amide bonds. The number of piperidine rings is 1. The van der Waals surface area contributed by atoms with Gasteiger partial charge >= 0.3 is 18.0 Å². The molecular weight excluding hydrogens is 545 g/mol. The molecular formula is C27H25Cl2N5O5. The number of hydrogen-bond donors (Lipinski definition) is 1. The average Bonchev–Trinajstić information content (AvgIpc) is 3.40. The van der Waals surface area contributed by atoms with Gasteiger partial charge < -0.3 is 19.8 Å². The number of anilines is 1. The molecule has 1 N–H and O–H groups in total. The summed E-state index contributed by atoms with van der Waals surface area (Å²) in [6.07, 6.45) is 1.72. The van der Waals surface area contributed by atoms with Crippen LogP contribution in [0.2, 0.25) is 10.0 Å². The molecule has 0 aromatic heterocycles. The number of carboxylic acid groups (broad SMARTS) is 1. The number of nitriles is 1. The lowest BCUT2D eigenvalue weighted by Crippen LogP contribution is -2.56. The summed E-state index contributed by atoms with van der Waals surface area (Å²) in [5.41, 5.74) is -0.188. The minimum atomic E-state index is -1.48. The van der Waals surface area contributed by atoms with Crippen LogP contribution in [0.3, 0.4) is 0 Å². The van der Waals surface area contributed by atoms with Gasteiger partial charge in [-0.25, -0.2) is 19.3 Å². The van der Waals surface area contributed by atoms with Crippen molar-refractivity contribution < 1.29 is 24.3 Å². The number of nitrogens with zero attached hydrogens (tertiary/aromatic N) is 5. The predicted molar refractivity (Wildman–Crippen MR) is 143 cm³/mol. The minimum absolute atomic E-state index is 0.0705. The summed E-state index contributed by atoms with van der Waals surface area (Å²) in [7, 11) is 1.51. The highest BCUT2D eigenvalue weighted by atomic mass is 35.5. The van der Waals surface area contributed by atoms with Crippen molar-refractivity contribution in [3.63, 3.8) is 0 Å². The van der Waals surface area contributed by atoms with Crippen LogP contribution in [0, 0.1) is 11.3 Å². The topological polar surface area (TPSA) is 125 Å². The predicted octanol–water partition coefficient (Wildman–Crippen LogP) is 4.16. The van der Waals surface area contributed by atoms with E-state index in [1.165, 1.54) is 39.9 Å². The fraction of sp³-hybridized carbons (Fsp3) is 0.370. The van der Waals surface area contributed by atoms with Crippen molar-refractivity contribution >= 4 is 52.8 Å². The molecule has 3 fully saturated rings. The summed E-state index contributed by atoms with van der Waals surface area (Å²) in [6.45, 7) is 0.225. The maximum atomic E-state index is 14.3. The minimum Gasteiger partial charge on any atom is -0.480 e. The summed E-state index contributed by atoms with van der Waals surface area (Å²) < 4.78 is 0. The van der Waals surface area contributed by atoms with E-state index in [1.807, 2.05) is 0 Å². The fourth-order valence-electron chi connectivity index (χ4n) is 5.95. The Morgan fingerprint density at radius 1 is 1.08 bits per heavy atom. The zero-order valence-corrected chi connectivity index (χ0v) is 22.5. The summed E-state index contributed by atoms with van der Waals surface area (Å²) >= 11 is 12.3. The number of rotatable bonds is 3. The Morgan fingerprint density at radius 3 is 2.36 bits per heavy atom. The number of hydrogen-bond acceptors (Lipinski definition) is 5. The Morgan fingerprint density at radius 2 is 1.74 bits per heavy atom. The molecule has 5 rings (SSSR count). The van der Waals surface area contributed by atoms with Gasteiger partial charge in [-0.2, -0.15) is 5.26 Å². The molecule has 2 aromatic rings. The van der Waals surface area contributed by atoms with Gasteiger partial charge in [-0.1, -0.05) is 35.3 Å². The fourth-order valence-corrected chi connectivity index (χ4v) is 6.46. The van der Waals surface area contributed by atoms with Gasteiger partial charge in [0.2, 0.25) is 0 Å². The molecule has 2 unspecified atom stereocenters. The molecule has 3 atom stereocenters. The van der Waals surface area contributed by atoms with Gasteiger partial charge in [-0.15, -0.1) is 0 Å². The first-order valence-corrected chi connectivity index (χ1v) is 13.2. The lowest BCUT2D eigenvalue weighted by Gasteiger charge is -2.36. The number of aliphatic carboxylic acids is 1. The number of carbonyl (C=O) groups excluding carboxylic acids is 3. The van der Waals surface area contributed by atoms with E-state index in [4.69, 9.17) is 23.2 Å². The van der Waals surface area contributed by atoms with Crippen molar-refractivity contribution in [2.24, 2.45) is 0 Å². The molecule has 3 saturated heterocycles. The van der Waals surface area contributed by atoms with E-state index in [0.717, 1.165) is 4.90 Å². The van der Waals surface area contributed by atoms with Crippen molar-refractivity contribution in [1.82, 2.24) is 14.7 Å². The third-order valence-electron chi connectivity index (χ3n) is 7.91. The molecule has 0 aliphatic carbocycles. The van der Waals surface area contributed by atoms with Gasteiger partial charge in [0, 0.05) is 36.1 Å². The molecule has 202 valence electrons. The summed E-state index contributed by atoms with van der Waals surface area (Å²) in [5.74, 6) is -2.27. The number of imide groups is 1. The SMILES string of the molecule is CN1C(=O)N(c2cc(Cl)cc(Cl)c2)C(=O)C12CN(C(=O)N1CCCCC1C(=O)O)C[C@H]2c1ccc(C#N)cc1. The van der Waals surface area contributed by atoms with E-state index in [0.29, 0.717) is 30.4 Å². The molecule has 10 nitrogen and oxygen atoms in total. The Bertz CT molecular complexity index is 1390. The maximum absolute atomic E-state index is 14.3. The van der Waals surface area contributed by atoms with Crippen LogP contribution in [0.5, 0.6) is 0 Å². The lowest BCUT2D eigenvalue weighted by molar-refractivity contribution is -0.143. The Kier molecular flexibility index (Phi) is 6.91. The first-order chi connectivity index (χ1) is 18.6. The standard InChI is InChI=1S/C27H25Cl2N5O5/c1-31-25(38)34(20-11-18(28)10-19(29)12-20)24(37)27(31)15-32(14-21(27)17-7-5-16(13-30)6-8-17)26(39)33-9-3-2-4-22(33)23(35)36/h5-8,10-12,21-22H,2-4,9,14-15H2,1H3,(H,35,36)/t21-,22?,27?/m0/s1. The van der Waals surface area contributed by atoms with Crippen molar-refractivity contribution in [1.29, 1.82) is 5.26 Å². The number of amides is 5. The van der Waals surface area contributed by atoms with Gasteiger partial charge in [0.05, 0.1) is 23.9 Å². The highest BCUT2D eigenvalue weighted by Gasteiger charge is 2.65. The average molecular weight is 570 g/mol. The quantitative estimate of drug-likeness (QED) is 0.553. The van der Waals surface area contributed by atoms with E-state index in [-0.39, 0.29) is 35.4 Å². The van der Waals surface area contributed by atoms with E-state index in [1.54, 1.807) is 24.3 Å². The number of likely N-dealkylation sites (N-methyl/N-ethyl adjacent to an activating group) is 1. The highest BCUT2D eigenvalue weighted by Crippen LogP contribution is 2.47. The number of benzene rings is 2. The van der Waals surface area contributed by atoms with Crippen LogP contribution in [-0.2, 0) is 9.59 Å². The van der Waals surface area contributed by atoms with Gasteiger partial charge in [0.1, 0.15) is 11.6 Å². The molecule has 3 aliphatic rings. The van der Waals surface area contributed by atoms with Crippen LogP contribution in [-0.4, -0.2) is 82.0 Å². The molecule has 39 heavy (non-hydrogen) atoms. The number of carboxylic acids is 1. The second-order valence-corrected chi connectivity index (χ2v) is 10.9. The maximum Gasteiger partial charge on any atom is 0.332 e. The molecule has 1 spiro atoms. The van der Waals surface area contributed by atoms with Crippen LogP contribution in [0.25, 0.3) is 0 Å². The van der Waals surface area contributed by atoms with Gasteiger partial charge in [0.15, 0.2) is 0 Å². The van der Waals surface area contributed by atoms with Gasteiger partial charge in [0.25, 0.3) is 5.91 Å². The lowest BCUT2D eigenvalue weighted by atomic mass is 9.80. The summed E-state index contributed by atoms with van der Waals surface area (Å²) in [4.78, 5) is 58.7. The molecule has 0 radical (unpaired) electrons. The first-order valence-electron chi connectivity index (χ1n) is 12.5. The molecule has 12 heteroatoms. The second kappa shape index (κ2) is 10.1. The Labute approximate surface area is 234 Å². The van der Waals surface area contributed by atoms with E-state index in [9.17, 15) is 29.5 Å². The smallest absolute Gasteiger partial charge is 0.332 e. The monoisotopic (exact) mass is 569 g/mol. The molecule has 3 heterocycles. The Hall–Kier alpha value is -3.81. The van der Waals surface area contributed by atoms with Crippen molar-refractivity contribution in [3.8, 4) is 6.07 Å². The van der Waals surface area contributed by atoms with Gasteiger partial charge in [-0.05, 0) is 55.2 Å². The number of likely N-dealkylation sites (tertiary alicyclic amines) is 2. The van der Waals surface area contributed by atoms with Crippen LogP contribution in [0.1, 0.15) is 36.3 Å². The van der Waals surface area contributed by atoms with Crippen molar-refractivity contribution in [3.05, 3.63) is 63.6 Å². The molecule has 2 aromatic carbocycles. The Balaban J connectivity index is 1.58. The number of urea groups is 2. The zero-order valence-electron chi connectivity index (χ0n) is 21.0. The van der Waals surface area contributed by atoms with Crippen LogP contribution < -0.4 is 4.90 Å². The zero-order chi connectivity index (χ0) is 28.1. The van der Waals surface area contributed by atoms with Gasteiger partial charge in [-0.3, -0.25) is 4.79 Å². The normalized spacial score (nSPS) is 25.0. The van der Waals surface area contributed by atoms with Crippen molar-refractivity contribution in [2.45, 2.75) is 36.8 Å². The van der Waals surface area contributed by atoms with E-state index in [2.05, 4.69) is 6.07 Å². The van der Waals surface area contributed by atoms with E-state index >= 15 is 0 Å². The first kappa shape index (κ1) is 26.8. The van der Waals surface area contributed by atoms with Crippen LogP contribution in [0.4, 0.5) is 15.3 Å². The number of carbonyl (C=O) groups is 4. The molecule has 3 aliphatic heterocycles. The molecule has 0 saturated carbocycles. The van der Waals surface area contributed by atoms with Crippen molar-refractivity contribution in [2.75, 3.05) is 31.6 Å². The highest BCUT2D eigenvalue weighted by molar-refractivity contribution is 6.35. The third-order valence-corrected chi connectivity index (χ3v) is 8.35. The third kappa shape index (κ3) is 4.36. The summed E-state index contributed by atoms with van der Waals surface area (Å²) in [6, 6.07) is 11.1. The largest absolute Gasteiger partial charge is 0.480 e. The molecule has 0 bridgehead atoms. The van der Waals surface area contributed by atoms with E-state index < -0.39 is 41.4 Å². The number of halogens is 2. The summed E-state index contributed by atoms with van der Waals surface area (Å²) in [5, 5.41) is 19.5. The van der Waals surface area contributed by atoms with Crippen LogP contribution >= 0.6 is 23.2 Å². The second-order valence-electron chi connectivity index (χ2n) is 10.0. The van der Waals surface area contributed by atoms with Crippen LogP contribution in [0.15, 0.2) is 42.5 Å².